The number of carbonyl (C=O) groups is 1. The molecule has 2 heterocycles. The molecule has 2 aliphatic rings. The minimum Gasteiger partial charge on any atom is -0.497 e. The lowest BCUT2D eigenvalue weighted by atomic mass is 10.0. The van der Waals surface area contributed by atoms with Crippen molar-refractivity contribution in [3.63, 3.8) is 0 Å². The maximum atomic E-state index is 11.3. The second-order valence-corrected chi connectivity index (χ2v) is 15.8. The van der Waals surface area contributed by atoms with Gasteiger partial charge in [-0.1, -0.05) is 56.7 Å². The molecule has 0 unspecified atom stereocenters. The van der Waals surface area contributed by atoms with Crippen molar-refractivity contribution < 1.29 is 28.2 Å². The lowest BCUT2D eigenvalue weighted by molar-refractivity contribution is -0.108. The molecule has 0 aromatic heterocycles. The van der Waals surface area contributed by atoms with E-state index in [0.29, 0.717) is 19.6 Å². The van der Waals surface area contributed by atoms with E-state index in [4.69, 9.17) is 23.4 Å². The third-order valence-electron chi connectivity index (χ3n) is 7.23. The Labute approximate surface area is 211 Å². The maximum Gasteiger partial charge on any atom is 0.193 e. The van der Waals surface area contributed by atoms with E-state index in [9.17, 15) is 4.79 Å². The Hall–Kier alpha value is -1.77. The molecule has 1 aromatic rings. The molecule has 7 heteroatoms. The summed E-state index contributed by atoms with van der Waals surface area (Å²) >= 11 is 0. The van der Waals surface area contributed by atoms with Crippen LogP contribution in [-0.2, 0) is 30.0 Å². The zero-order chi connectivity index (χ0) is 25.6. The van der Waals surface area contributed by atoms with Crippen LogP contribution in [0.3, 0.4) is 0 Å². The molecule has 6 nitrogen and oxygen atoms in total. The van der Waals surface area contributed by atoms with Crippen molar-refractivity contribution in [3.05, 3.63) is 53.6 Å². The summed E-state index contributed by atoms with van der Waals surface area (Å²) in [4.78, 5) is 11.3. The van der Waals surface area contributed by atoms with E-state index < -0.39 is 8.32 Å². The molecule has 3 rings (SSSR count). The molecular weight excluding hydrogens is 460 g/mol. The van der Waals surface area contributed by atoms with Crippen LogP contribution in [0.1, 0.15) is 46.1 Å². The molecule has 2 aliphatic heterocycles. The number of carbonyl (C=O) groups excluding carboxylic acids is 1. The summed E-state index contributed by atoms with van der Waals surface area (Å²) in [5, 5.41) is 0.0434. The summed E-state index contributed by atoms with van der Waals surface area (Å²) in [6.07, 6.45) is 7.68. The molecule has 0 bridgehead atoms. The molecule has 194 valence electrons. The van der Waals surface area contributed by atoms with Crippen molar-refractivity contribution >= 4 is 14.6 Å². The fourth-order valence-electron chi connectivity index (χ4n) is 3.80. The molecule has 35 heavy (non-hydrogen) atoms. The SMILES string of the molecule is COc1ccc(CO[C@@H](C[C@@H]2O[C@H]2C=O)[C@H](/C=C/[C@@H]2CC(C)=CCO2)O[Si](C)(C)C(C)(C)C)cc1. The Morgan fingerprint density at radius 2 is 1.91 bits per heavy atom. The van der Waals surface area contributed by atoms with E-state index in [0.717, 1.165) is 24.0 Å². The molecule has 1 fully saturated rings. The van der Waals surface area contributed by atoms with Crippen LogP contribution in [0.4, 0.5) is 0 Å². The number of benzene rings is 1. The smallest absolute Gasteiger partial charge is 0.193 e. The van der Waals surface area contributed by atoms with Gasteiger partial charge < -0.3 is 28.2 Å². The highest BCUT2D eigenvalue weighted by Gasteiger charge is 2.45. The fourth-order valence-corrected chi connectivity index (χ4v) is 5.07. The fraction of sp³-hybridized carbons (Fsp3) is 0.607. The van der Waals surface area contributed by atoms with Gasteiger partial charge in [-0.3, -0.25) is 0 Å². The van der Waals surface area contributed by atoms with Gasteiger partial charge >= 0.3 is 0 Å². The predicted octanol–water partition coefficient (Wildman–Crippen LogP) is 5.62. The van der Waals surface area contributed by atoms with Crippen molar-refractivity contribution in [1.29, 1.82) is 0 Å². The molecule has 0 radical (unpaired) electrons. The molecule has 0 aliphatic carbocycles. The number of ether oxygens (including phenoxy) is 4. The van der Waals surface area contributed by atoms with Crippen LogP contribution in [-0.4, -0.2) is 58.8 Å². The van der Waals surface area contributed by atoms with Crippen LogP contribution in [0.15, 0.2) is 48.1 Å². The van der Waals surface area contributed by atoms with E-state index in [1.807, 2.05) is 24.3 Å². The molecule has 1 aromatic carbocycles. The van der Waals surface area contributed by atoms with Crippen molar-refractivity contribution in [2.24, 2.45) is 0 Å². The van der Waals surface area contributed by atoms with Gasteiger partial charge in [0.05, 0.1) is 44.7 Å². The van der Waals surface area contributed by atoms with E-state index in [-0.39, 0.29) is 35.6 Å². The first-order valence-corrected chi connectivity index (χ1v) is 15.4. The van der Waals surface area contributed by atoms with Gasteiger partial charge in [0, 0.05) is 6.42 Å². The van der Waals surface area contributed by atoms with Crippen LogP contribution in [0, 0.1) is 0 Å². The van der Waals surface area contributed by atoms with E-state index >= 15 is 0 Å². The third-order valence-corrected chi connectivity index (χ3v) is 11.7. The molecule has 0 N–H and O–H groups in total. The predicted molar refractivity (Wildman–Crippen MR) is 140 cm³/mol. The van der Waals surface area contributed by atoms with Crippen molar-refractivity contribution in [2.45, 2.75) is 95.8 Å². The monoisotopic (exact) mass is 502 g/mol. The molecule has 0 saturated carbocycles. The standard InChI is InChI=1S/C28H42O6Si/c1-20-14-15-31-23(16-20)12-13-24(34-35(6,7)28(2,3)4)25(17-26-27(18-29)33-26)32-19-21-8-10-22(30-5)11-9-21/h8-14,18,23-27H,15-17,19H2,1-7H3/b13-12+/t23-,24+,25+,26+,27+/m1/s1. The lowest BCUT2D eigenvalue weighted by Gasteiger charge is -2.40. The topological polar surface area (TPSA) is 66.5 Å². The molecule has 1 saturated heterocycles. The average molecular weight is 503 g/mol. The van der Waals surface area contributed by atoms with Crippen LogP contribution in [0.25, 0.3) is 0 Å². The summed E-state index contributed by atoms with van der Waals surface area (Å²) in [7, 11) is -0.462. The first-order chi connectivity index (χ1) is 16.5. The third kappa shape index (κ3) is 8.12. The van der Waals surface area contributed by atoms with Gasteiger partial charge in [-0.05, 0) is 49.2 Å². The van der Waals surface area contributed by atoms with E-state index in [2.05, 4.69) is 59.0 Å². The lowest BCUT2D eigenvalue weighted by Crippen LogP contribution is -2.47. The average Bonchev–Trinajstić information content (AvgIpc) is 3.57. The largest absolute Gasteiger partial charge is 0.497 e. The highest BCUT2D eigenvalue weighted by molar-refractivity contribution is 6.74. The summed E-state index contributed by atoms with van der Waals surface area (Å²) in [6.45, 7) is 14.4. The summed E-state index contributed by atoms with van der Waals surface area (Å²) < 4.78 is 30.1. The Bertz CT molecular complexity index is 886. The van der Waals surface area contributed by atoms with Crippen molar-refractivity contribution in [1.82, 2.24) is 0 Å². The van der Waals surface area contributed by atoms with Gasteiger partial charge in [-0.2, -0.15) is 0 Å². The summed E-state index contributed by atoms with van der Waals surface area (Å²) in [6, 6.07) is 7.87. The first-order valence-electron chi connectivity index (χ1n) is 12.5. The Morgan fingerprint density at radius 3 is 2.49 bits per heavy atom. The zero-order valence-electron chi connectivity index (χ0n) is 22.3. The first kappa shape index (κ1) is 27.8. The number of methoxy groups -OCH3 is 1. The normalized spacial score (nSPS) is 24.7. The van der Waals surface area contributed by atoms with E-state index in [1.165, 1.54) is 5.57 Å². The molecular formula is C28H42O6Si. The second-order valence-electron chi connectivity index (χ2n) is 11.1. The summed E-state index contributed by atoms with van der Waals surface area (Å²) in [5.41, 5.74) is 2.38. The molecule has 5 atom stereocenters. The Balaban J connectivity index is 1.82. The van der Waals surface area contributed by atoms with E-state index in [1.54, 1.807) is 7.11 Å². The van der Waals surface area contributed by atoms with Crippen molar-refractivity contribution in [2.75, 3.05) is 13.7 Å². The number of hydrogen-bond donors (Lipinski definition) is 0. The van der Waals surface area contributed by atoms with Gasteiger partial charge in [-0.25, -0.2) is 0 Å². The van der Waals surface area contributed by atoms with Crippen LogP contribution in [0.2, 0.25) is 18.1 Å². The Kier molecular flexibility index (Phi) is 9.51. The summed E-state index contributed by atoms with van der Waals surface area (Å²) in [5.74, 6) is 0.810. The molecule has 0 amide bonds. The van der Waals surface area contributed by atoms with Crippen molar-refractivity contribution in [3.8, 4) is 5.75 Å². The van der Waals surface area contributed by atoms with Gasteiger partial charge in [0.25, 0.3) is 0 Å². The van der Waals surface area contributed by atoms with Crippen LogP contribution < -0.4 is 4.74 Å². The molecule has 0 spiro atoms. The minimum absolute atomic E-state index is 0.0210. The number of rotatable bonds is 12. The maximum absolute atomic E-state index is 11.3. The van der Waals surface area contributed by atoms with Gasteiger partial charge in [0.15, 0.2) is 14.6 Å². The highest BCUT2D eigenvalue weighted by atomic mass is 28.4. The van der Waals surface area contributed by atoms with Gasteiger partial charge in [0.2, 0.25) is 0 Å². The zero-order valence-corrected chi connectivity index (χ0v) is 23.3. The minimum atomic E-state index is -2.12. The number of hydrogen-bond acceptors (Lipinski definition) is 6. The number of aldehydes is 1. The highest BCUT2D eigenvalue weighted by Crippen LogP contribution is 2.39. The van der Waals surface area contributed by atoms with Crippen LogP contribution >= 0.6 is 0 Å². The Morgan fingerprint density at radius 1 is 1.20 bits per heavy atom. The van der Waals surface area contributed by atoms with Crippen LogP contribution in [0.5, 0.6) is 5.75 Å². The van der Waals surface area contributed by atoms with Gasteiger partial charge in [-0.15, -0.1) is 0 Å². The number of epoxide rings is 1. The second kappa shape index (κ2) is 12.0. The quantitative estimate of drug-likeness (QED) is 0.160. The van der Waals surface area contributed by atoms with Gasteiger partial charge in [0.1, 0.15) is 11.9 Å².